The van der Waals surface area contributed by atoms with Crippen LogP contribution in [0.3, 0.4) is 0 Å². The predicted molar refractivity (Wildman–Crippen MR) is 66.7 cm³/mol. The van der Waals surface area contributed by atoms with Gasteiger partial charge in [-0.25, -0.2) is 13.5 Å². The molecule has 1 fully saturated rings. The first-order valence-corrected chi connectivity index (χ1v) is 6.13. The summed E-state index contributed by atoms with van der Waals surface area (Å²) in [5, 5.41) is 11.3. The maximum atomic E-state index is 13.9. The highest BCUT2D eigenvalue weighted by Crippen LogP contribution is 2.32. The van der Waals surface area contributed by atoms with Crippen molar-refractivity contribution in [1.29, 1.82) is 0 Å². The summed E-state index contributed by atoms with van der Waals surface area (Å²) >= 11 is 0. The Hall–Kier alpha value is -2.09. The van der Waals surface area contributed by atoms with Gasteiger partial charge in [0, 0.05) is 12.7 Å². The van der Waals surface area contributed by atoms with E-state index in [2.05, 4.69) is 15.5 Å². The van der Waals surface area contributed by atoms with E-state index in [1.807, 2.05) is 6.92 Å². The maximum Gasteiger partial charge on any atom is 0.185 e. The van der Waals surface area contributed by atoms with E-state index in [1.54, 1.807) is 0 Å². The summed E-state index contributed by atoms with van der Waals surface area (Å²) in [6, 6.07) is 1.93. The third-order valence-corrected chi connectivity index (χ3v) is 3.51. The Morgan fingerprint density at radius 2 is 2.15 bits per heavy atom. The number of nitrogens with zero attached hydrogens (tertiary/aromatic N) is 4. The number of halogens is 2. The summed E-state index contributed by atoms with van der Waals surface area (Å²) in [5.74, 6) is -1.35. The highest BCUT2D eigenvalue weighted by Gasteiger charge is 2.36. The van der Waals surface area contributed by atoms with Crippen molar-refractivity contribution in [3.05, 3.63) is 23.8 Å². The Balaban J connectivity index is 2.13. The SMILES string of the molecule is CC1(n2nnnc2-c2cc(N)c(F)cc2F)CCOC1. The van der Waals surface area contributed by atoms with Gasteiger partial charge < -0.3 is 10.5 Å². The number of aromatic nitrogens is 4. The number of rotatable bonds is 2. The van der Waals surface area contributed by atoms with Gasteiger partial charge in [0.25, 0.3) is 0 Å². The average Bonchev–Trinajstić information content (AvgIpc) is 3.03. The van der Waals surface area contributed by atoms with Gasteiger partial charge in [0.05, 0.1) is 23.4 Å². The molecule has 1 aliphatic rings. The van der Waals surface area contributed by atoms with Crippen molar-refractivity contribution < 1.29 is 13.5 Å². The monoisotopic (exact) mass is 281 g/mol. The van der Waals surface area contributed by atoms with Crippen molar-refractivity contribution in [1.82, 2.24) is 20.2 Å². The number of ether oxygens (including phenoxy) is 1. The van der Waals surface area contributed by atoms with E-state index in [1.165, 1.54) is 10.7 Å². The van der Waals surface area contributed by atoms with Crippen LogP contribution < -0.4 is 5.73 Å². The normalized spacial score (nSPS) is 22.4. The average molecular weight is 281 g/mol. The maximum absolute atomic E-state index is 13.9. The molecule has 8 heteroatoms. The lowest BCUT2D eigenvalue weighted by molar-refractivity contribution is 0.155. The van der Waals surface area contributed by atoms with E-state index < -0.39 is 17.2 Å². The Labute approximate surface area is 113 Å². The minimum atomic E-state index is -0.805. The summed E-state index contributed by atoms with van der Waals surface area (Å²) in [4.78, 5) is 0. The van der Waals surface area contributed by atoms with Gasteiger partial charge in [-0.1, -0.05) is 0 Å². The number of anilines is 1. The molecular weight excluding hydrogens is 268 g/mol. The summed E-state index contributed by atoms with van der Waals surface area (Å²) in [6.45, 7) is 2.94. The van der Waals surface area contributed by atoms with Crippen LogP contribution in [0.4, 0.5) is 14.5 Å². The summed E-state index contributed by atoms with van der Waals surface area (Å²) in [6.07, 6.45) is 0.712. The zero-order valence-electron chi connectivity index (χ0n) is 10.8. The molecule has 106 valence electrons. The zero-order valence-corrected chi connectivity index (χ0v) is 10.8. The first-order valence-electron chi connectivity index (χ1n) is 6.13. The molecule has 0 radical (unpaired) electrons. The molecule has 1 aromatic heterocycles. The second-order valence-electron chi connectivity index (χ2n) is 5.07. The fourth-order valence-electron chi connectivity index (χ4n) is 2.28. The van der Waals surface area contributed by atoms with Crippen molar-refractivity contribution in [2.45, 2.75) is 18.9 Å². The van der Waals surface area contributed by atoms with E-state index in [-0.39, 0.29) is 17.1 Å². The third kappa shape index (κ3) is 1.92. The van der Waals surface area contributed by atoms with Gasteiger partial charge in [-0.05, 0) is 29.8 Å². The molecule has 20 heavy (non-hydrogen) atoms. The van der Waals surface area contributed by atoms with Crippen LogP contribution >= 0.6 is 0 Å². The molecular formula is C12H13F2N5O. The Kier molecular flexibility index (Phi) is 2.89. The van der Waals surface area contributed by atoms with Crippen LogP contribution in [0.1, 0.15) is 13.3 Å². The largest absolute Gasteiger partial charge is 0.396 e. The molecule has 2 heterocycles. The molecule has 0 bridgehead atoms. The Bertz CT molecular complexity index is 651. The van der Waals surface area contributed by atoms with Crippen molar-refractivity contribution in [3.63, 3.8) is 0 Å². The molecule has 1 saturated heterocycles. The van der Waals surface area contributed by atoms with E-state index in [4.69, 9.17) is 10.5 Å². The molecule has 3 rings (SSSR count). The number of nitrogens with two attached hydrogens (primary N) is 1. The van der Waals surface area contributed by atoms with Gasteiger partial charge in [0.15, 0.2) is 5.82 Å². The lowest BCUT2D eigenvalue weighted by Crippen LogP contribution is -2.32. The highest BCUT2D eigenvalue weighted by atomic mass is 19.1. The molecule has 1 unspecified atom stereocenters. The lowest BCUT2D eigenvalue weighted by Gasteiger charge is -2.23. The second-order valence-corrected chi connectivity index (χ2v) is 5.07. The quantitative estimate of drug-likeness (QED) is 0.840. The van der Waals surface area contributed by atoms with Crippen LogP contribution in [0.5, 0.6) is 0 Å². The number of hydrogen-bond acceptors (Lipinski definition) is 5. The van der Waals surface area contributed by atoms with Crippen molar-refractivity contribution in [2.75, 3.05) is 18.9 Å². The number of benzene rings is 1. The molecule has 1 aliphatic heterocycles. The van der Waals surface area contributed by atoms with E-state index in [0.717, 1.165) is 6.07 Å². The minimum Gasteiger partial charge on any atom is -0.396 e. The van der Waals surface area contributed by atoms with Gasteiger partial charge in [0.1, 0.15) is 11.6 Å². The van der Waals surface area contributed by atoms with Gasteiger partial charge in [-0.15, -0.1) is 5.10 Å². The van der Waals surface area contributed by atoms with Crippen molar-refractivity contribution >= 4 is 5.69 Å². The van der Waals surface area contributed by atoms with Crippen LogP contribution in [0.2, 0.25) is 0 Å². The van der Waals surface area contributed by atoms with Gasteiger partial charge in [-0.2, -0.15) is 0 Å². The molecule has 1 atom stereocenters. The van der Waals surface area contributed by atoms with Crippen LogP contribution in [0, 0.1) is 11.6 Å². The highest BCUT2D eigenvalue weighted by molar-refractivity contribution is 5.62. The first kappa shape index (κ1) is 12.9. The summed E-state index contributed by atoms with van der Waals surface area (Å²) in [7, 11) is 0. The lowest BCUT2D eigenvalue weighted by atomic mass is 10.0. The van der Waals surface area contributed by atoms with Gasteiger partial charge in [-0.3, -0.25) is 0 Å². The standard InChI is InChI=1S/C12H13F2N5O/c1-12(2-3-20-6-12)19-11(16-17-18-19)7-4-10(15)9(14)5-8(7)13/h4-5H,2-3,6,15H2,1H3. The fraction of sp³-hybridized carbons (Fsp3) is 0.417. The summed E-state index contributed by atoms with van der Waals surface area (Å²) < 4.78 is 34.0. The summed E-state index contributed by atoms with van der Waals surface area (Å²) in [5.41, 5.74) is 4.96. The molecule has 1 aromatic carbocycles. The molecule has 2 N–H and O–H groups in total. The van der Waals surface area contributed by atoms with Crippen LogP contribution in [-0.4, -0.2) is 33.4 Å². The fourth-order valence-corrected chi connectivity index (χ4v) is 2.28. The number of nitrogen functional groups attached to an aromatic ring is 1. The van der Waals surface area contributed by atoms with Gasteiger partial charge >= 0.3 is 0 Å². The van der Waals surface area contributed by atoms with E-state index in [9.17, 15) is 8.78 Å². The van der Waals surface area contributed by atoms with Crippen molar-refractivity contribution in [2.24, 2.45) is 0 Å². The number of tetrazole rings is 1. The van der Waals surface area contributed by atoms with Gasteiger partial charge in [0.2, 0.25) is 0 Å². The number of hydrogen-bond donors (Lipinski definition) is 1. The first-order chi connectivity index (χ1) is 9.51. The van der Waals surface area contributed by atoms with E-state index in [0.29, 0.717) is 19.6 Å². The van der Waals surface area contributed by atoms with Crippen LogP contribution in [-0.2, 0) is 10.3 Å². The zero-order chi connectivity index (χ0) is 14.3. The predicted octanol–water partition coefficient (Wildman–Crippen LogP) is 1.34. The minimum absolute atomic E-state index is 0.0713. The topological polar surface area (TPSA) is 78.9 Å². The van der Waals surface area contributed by atoms with Crippen LogP contribution in [0.25, 0.3) is 11.4 Å². The second kappa shape index (κ2) is 4.48. The Morgan fingerprint density at radius 3 is 2.85 bits per heavy atom. The smallest absolute Gasteiger partial charge is 0.185 e. The molecule has 2 aromatic rings. The molecule has 0 aliphatic carbocycles. The Morgan fingerprint density at radius 1 is 1.35 bits per heavy atom. The van der Waals surface area contributed by atoms with Crippen LogP contribution in [0.15, 0.2) is 12.1 Å². The third-order valence-electron chi connectivity index (χ3n) is 3.51. The van der Waals surface area contributed by atoms with E-state index >= 15 is 0 Å². The molecule has 0 saturated carbocycles. The van der Waals surface area contributed by atoms with Crippen molar-refractivity contribution in [3.8, 4) is 11.4 Å². The molecule has 0 amide bonds. The molecule has 6 nitrogen and oxygen atoms in total. The molecule has 0 spiro atoms.